The van der Waals surface area contributed by atoms with Gasteiger partial charge in [-0.1, -0.05) is 0 Å². The van der Waals surface area contributed by atoms with E-state index in [4.69, 9.17) is 9.47 Å². The molecule has 30 heavy (non-hydrogen) atoms. The molecular formula is C21H18N6O3. The fraction of sp³-hybridized carbons (Fsp3) is 0.143. The molecule has 0 unspecified atom stereocenters. The lowest BCUT2D eigenvalue weighted by Crippen LogP contribution is -2.21. The number of pyridine rings is 2. The van der Waals surface area contributed by atoms with Gasteiger partial charge in [0.05, 0.1) is 55.0 Å². The summed E-state index contributed by atoms with van der Waals surface area (Å²) in [6, 6.07) is 5.59. The Balaban J connectivity index is 1.95. The highest BCUT2D eigenvalue weighted by atomic mass is 16.5. The SMILES string of the molecule is COc1cc2ncc3c(c2cc1-c1cn[nH]c1)n(-c1ccncc1OC)c(=O)n3C. The normalized spacial score (nSPS) is 11.3. The van der Waals surface area contributed by atoms with Crippen LogP contribution in [0.1, 0.15) is 0 Å². The van der Waals surface area contributed by atoms with Crippen LogP contribution < -0.4 is 15.2 Å². The smallest absolute Gasteiger partial charge is 0.333 e. The number of hydrogen-bond acceptors (Lipinski definition) is 6. The van der Waals surface area contributed by atoms with Crippen LogP contribution in [-0.2, 0) is 7.05 Å². The van der Waals surface area contributed by atoms with Crippen molar-refractivity contribution in [3.05, 3.63) is 59.7 Å². The Kier molecular flexibility index (Phi) is 4.02. The largest absolute Gasteiger partial charge is 0.496 e. The molecule has 0 saturated carbocycles. The first kappa shape index (κ1) is 17.9. The van der Waals surface area contributed by atoms with Crippen LogP contribution in [0.5, 0.6) is 11.5 Å². The highest BCUT2D eigenvalue weighted by Gasteiger charge is 2.20. The molecule has 0 atom stereocenters. The monoisotopic (exact) mass is 402 g/mol. The van der Waals surface area contributed by atoms with Gasteiger partial charge in [0.1, 0.15) is 5.75 Å². The molecule has 0 fully saturated rings. The van der Waals surface area contributed by atoms with Crippen molar-refractivity contribution in [1.29, 1.82) is 0 Å². The van der Waals surface area contributed by atoms with E-state index in [-0.39, 0.29) is 5.69 Å². The Morgan fingerprint density at radius 3 is 2.63 bits per heavy atom. The second kappa shape index (κ2) is 6.73. The summed E-state index contributed by atoms with van der Waals surface area (Å²) in [7, 11) is 4.89. The minimum absolute atomic E-state index is 0.204. The summed E-state index contributed by atoms with van der Waals surface area (Å²) in [6.45, 7) is 0. The Bertz CT molecular complexity index is 1450. The van der Waals surface area contributed by atoms with E-state index in [9.17, 15) is 4.79 Å². The Morgan fingerprint density at radius 1 is 1.07 bits per heavy atom. The molecule has 0 aliphatic carbocycles. The fourth-order valence-corrected chi connectivity index (χ4v) is 3.76. The van der Waals surface area contributed by atoms with Crippen LogP contribution in [0.3, 0.4) is 0 Å². The zero-order valence-electron chi connectivity index (χ0n) is 16.6. The number of ether oxygens (including phenoxy) is 2. The van der Waals surface area contributed by atoms with Crippen molar-refractivity contribution >= 4 is 21.9 Å². The van der Waals surface area contributed by atoms with Crippen molar-refractivity contribution < 1.29 is 9.47 Å². The number of hydrogen-bond donors (Lipinski definition) is 1. The Morgan fingerprint density at radius 2 is 1.90 bits per heavy atom. The van der Waals surface area contributed by atoms with E-state index in [1.54, 1.807) is 67.5 Å². The molecule has 0 amide bonds. The number of nitrogens with zero attached hydrogens (tertiary/aromatic N) is 5. The summed E-state index contributed by atoms with van der Waals surface area (Å²) in [5, 5.41) is 7.68. The maximum Gasteiger partial charge on any atom is 0.333 e. The van der Waals surface area contributed by atoms with Crippen molar-refractivity contribution in [3.8, 4) is 28.3 Å². The van der Waals surface area contributed by atoms with Gasteiger partial charge in [0.2, 0.25) is 0 Å². The predicted octanol–water partition coefficient (Wildman–Crippen LogP) is 2.68. The molecule has 150 valence electrons. The summed E-state index contributed by atoms with van der Waals surface area (Å²) < 4.78 is 14.3. The molecule has 0 bridgehead atoms. The zero-order valence-corrected chi connectivity index (χ0v) is 16.6. The van der Waals surface area contributed by atoms with E-state index >= 15 is 0 Å². The lowest BCUT2D eigenvalue weighted by molar-refractivity contribution is 0.411. The lowest BCUT2D eigenvalue weighted by Gasteiger charge is -2.12. The van der Waals surface area contributed by atoms with Crippen LogP contribution in [0.15, 0.2) is 54.0 Å². The molecule has 0 radical (unpaired) electrons. The highest BCUT2D eigenvalue weighted by molar-refractivity contribution is 6.05. The molecule has 0 spiro atoms. The second-order valence-electron chi connectivity index (χ2n) is 6.77. The molecule has 0 aliphatic rings. The van der Waals surface area contributed by atoms with E-state index in [1.807, 2.05) is 12.1 Å². The number of aromatic nitrogens is 6. The van der Waals surface area contributed by atoms with Gasteiger partial charge >= 0.3 is 5.69 Å². The maximum atomic E-state index is 13.2. The van der Waals surface area contributed by atoms with Crippen LogP contribution >= 0.6 is 0 Å². The number of rotatable bonds is 4. The van der Waals surface area contributed by atoms with Gasteiger partial charge in [0.15, 0.2) is 5.75 Å². The number of imidazole rings is 1. The second-order valence-corrected chi connectivity index (χ2v) is 6.77. The summed E-state index contributed by atoms with van der Waals surface area (Å²) in [5.41, 5.74) is 4.26. The number of benzene rings is 1. The molecule has 1 aromatic carbocycles. The van der Waals surface area contributed by atoms with Crippen LogP contribution in [0.25, 0.3) is 38.8 Å². The average molecular weight is 402 g/mol. The molecule has 9 heteroatoms. The van der Waals surface area contributed by atoms with Gasteiger partial charge in [-0.3, -0.25) is 24.2 Å². The van der Waals surface area contributed by atoms with E-state index in [0.29, 0.717) is 28.2 Å². The number of aryl methyl sites for hydroxylation is 1. The first-order chi connectivity index (χ1) is 14.6. The van der Waals surface area contributed by atoms with Gasteiger partial charge in [-0.2, -0.15) is 5.10 Å². The number of H-pyrrole nitrogens is 1. The topological polar surface area (TPSA) is 99.9 Å². The van der Waals surface area contributed by atoms with E-state index < -0.39 is 0 Å². The van der Waals surface area contributed by atoms with E-state index in [2.05, 4.69) is 20.2 Å². The van der Waals surface area contributed by atoms with Gasteiger partial charge in [0.25, 0.3) is 0 Å². The van der Waals surface area contributed by atoms with Crippen LogP contribution in [-0.4, -0.2) is 43.5 Å². The molecular weight excluding hydrogens is 384 g/mol. The van der Waals surface area contributed by atoms with Gasteiger partial charge in [-0.15, -0.1) is 0 Å². The quantitative estimate of drug-likeness (QED) is 0.496. The number of fused-ring (bicyclic) bond motifs is 3. The minimum atomic E-state index is -0.204. The average Bonchev–Trinajstić information content (AvgIpc) is 3.40. The lowest BCUT2D eigenvalue weighted by atomic mass is 10.0. The first-order valence-electron chi connectivity index (χ1n) is 9.19. The summed E-state index contributed by atoms with van der Waals surface area (Å²) >= 11 is 0. The molecule has 9 nitrogen and oxygen atoms in total. The predicted molar refractivity (Wildman–Crippen MR) is 112 cm³/mol. The van der Waals surface area contributed by atoms with Crippen molar-refractivity contribution in [2.45, 2.75) is 0 Å². The summed E-state index contributed by atoms with van der Waals surface area (Å²) in [4.78, 5) is 21.9. The van der Waals surface area contributed by atoms with Gasteiger partial charge in [0, 0.05) is 42.0 Å². The maximum absolute atomic E-state index is 13.2. The minimum Gasteiger partial charge on any atom is -0.496 e. The molecule has 4 heterocycles. The molecule has 5 aromatic rings. The molecule has 5 rings (SSSR count). The van der Waals surface area contributed by atoms with Crippen LogP contribution in [0.2, 0.25) is 0 Å². The molecule has 0 aliphatic heterocycles. The third-order valence-electron chi connectivity index (χ3n) is 5.24. The first-order valence-corrected chi connectivity index (χ1v) is 9.19. The van der Waals surface area contributed by atoms with Gasteiger partial charge < -0.3 is 9.47 Å². The Hall–Kier alpha value is -4.14. The standard InChI is InChI=1S/C21H18N6O3/c1-26-17-10-23-15-7-18(29-2)13(12-8-24-25-9-12)6-14(15)20(17)27(21(26)28)16-4-5-22-11-19(16)30-3/h4-11H,1-3H3,(H,24,25). The van der Waals surface area contributed by atoms with Crippen molar-refractivity contribution in [2.24, 2.45) is 7.05 Å². The molecule has 0 saturated heterocycles. The number of methoxy groups -OCH3 is 2. The van der Waals surface area contributed by atoms with Gasteiger partial charge in [-0.05, 0) is 12.1 Å². The van der Waals surface area contributed by atoms with E-state index in [0.717, 1.165) is 22.0 Å². The molecule has 1 N–H and O–H groups in total. The van der Waals surface area contributed by atoms with E-state index in [1.165, 1.54) is 0 Å². The molecule has 4 aromatic heterocycles. The Labute approximate surface area is 170 Å². The number of nitrogens with one attached hydrogen (secondary N) is 1. The highest BCUT2D eigenvalue weighted by Crippen LogP contribution is 2.36. The van der Waals surface area contributed by atoms with Crippen molar-refractivity contribution in [3.63, 3.8) is 0 Å². The van der Waals surface area contributed by atoms with Crippen LogP contribution in [0.4, 0.5) is 0 Å². The van der Waals surface area contributed by atoms with Crippen molar-refractivity contribution in [1.82, 2.24) is 29.3 Å². The van der Waals surface area contributed by atoms with Crippen molar-refractivity contribution in [2.75, 3.05) is 14.2 Å². The summed E-state index contributed by atoms with van der Waals surface area (Å²) in [6.07, 6.45) is 8.43. The fourth-order valence-electron chi connectivity index (χ4n) is 3.76. The summed E-state index contributed by atoms with van der Waals surface area (Å²) in [5.74, 6) is 1.17. The van der Waals surface area contributed by atoms with Gasteiger partial charge in [-0.25, -0.2) is 4.79 Å². The third kappa shape index (κ3) is 2.48. The third-order valence-corrected chi connectivity index (χ3v) is 5.24. The van der Waals surface area contributed by atoms with Crippen LogP contribution in [0, 0.1) is 0 Å². The zero-order chi connectivity index (χ0) is 20.8. The number of aromatic amines is 1.